The van der Waals surface area contributed by atoms with Gasteiger partial charge in [0.1, 0.15) is 10.7 Å². The maximum absolute atomic E-state index is 12.0. The molecule has 0 aliphatic heterocycles. The lowest BCUT2D eigenvalue weighted by Gasteiger charge is -2.16. The fourth-order valence-corrected chi connectivity index (χ4v) is 2.93. The van der Waals surface area contributed by atoms with Crippen molar-refractivity contribution in [2.75, 3.05) is 6.61 Å². The van der Waals surface area contributed by atoms with Crippen molar-refractivity contribution in [3.8, 4) is 11.3 Å². The number of carbonyl (C=O) groups is 1. The minimum absolute atomic E-state index is 0.343. The average Bonchev–Trinajstić information content (AvgIpc) is 2.75. The summed E-state index contributed by atoms with van der Waals surface area (Å²) in [5.74, 6) is -0.343. The summed E-state index contributed by atoms with van der Waals surface area (Å²) in [5, 5.41) is 0.375. The van der Waals surface area contributed by atoms with E-state index in [2.05, 4.69) is 17.1 Å². The van der Waals surface area contributed by atoms with Gasteiger partial charge in [0.05, 0.1) is 12.3 Å². The molecule has 0 atom stereocenters. The normalized spacial score (nSPS) is 12.7. The number of benzene rings is 1. The molecule has 1 aromatic heterocycles. The summed E-state index contributed by atoms with van der Waals surface area (Å²) in [6, 6.07) is 8.18. The molecule has 0 radical (unpaired) electrons. The van der Waals surface area contributed by atoms with Gasteiger partial charge in [-0.25, -0.2) is 4.79 Å². The number of H-pyrrole nitrogens is 1. The third-order valence-electron chi connectivity index (χ3n) is 3.47. The van der Waals surface area contributed by atoms with E-state index in [1.54, 1.807) is 6.92 Å². The second-order valence-corrected chi connectivity index (χ2v) is 4.92. The van der Waals surface area contributed by atoms with E-state index >= 15 is 0 Å². The van der Waals surface area contributed by atoms with Crippen LogP contribution in [-0.2, 0) is 17.6 Å². The van der Waals surface area contributed by atoms with Gasteiger partial charge in [-0.3, -0.25) is 0 Å². The number of aromatic amines is 1. The Bertz CT molecular complexity index is 646. The van der Waals surface area contributed by atoms with Gasteiger partial charge >= 0.3 is 5.97 Å². The van der Waals surface area contributed by atoms with Gasteiger partial charge in [-0.2, -0.15) is 0 Å². The number of aromatic nitrogens is 1. The Balaban J connectivity index is 2.14. The molecule has 1 heterocycles. The maximum Gasteiger partial charge on any atom is 0.341 e. The van der Waals surface area contributed by atoms with Gasteiger partial charge < -0.3 is 9.72 Å². The Morgan fingerprint density at radius 2 is 2.16 bits per heavy atom. The van der Waals surface area contributed by atoms with E-state index in [0.717, 1.165) is 29.7 Å². The van der Waals surface area contributed by atoms with Gasteiger partial charge in [-0.15, -0.1) is 0 Å². The Labute approximate surface area is 116 Å². The number of nitrogens with one attached hydrogen (secondary N) is 1. The quantitative estimate of drug-likeness (QED) is 0.851. The lowest BCUT2D eigenvalue weighted by atomic mass is 9.89. The average molecular weight is 276 g/mol. The standard InChI is InChI=1S/C15H14ClNO2/c1-2-19-15(18)12-11-8-7-9-5-3-4-6-10(9)13(11)17-14(12)16/h3-6,17H,2,7-8H2,1H3. The van der Waals surface area contributed by atoms with Gasteiger partial charge in [0.15, 0.2) is 0 Å². The summed E-state index contributed by atoms with van der Waals surface area (Å²) in [4.78, 5) is 15.1. The van der Waals surface area contributed by atoms with Crippen LogP contribution in [0, 0.1) is 0 Å². The van der Waals surface area contributed by atoms with Crippen LogP contribution in [0.2, 0.25) is 5.15 Å². The van der Waals surface area contributed by atoms with Gasteiger partial charge in [0.25, 0.3) is 0 Å². The van der Waals surface area contributed by atoms with Crippen LogP contribution in [-0.4, -0.2) is 17.6 Å². The Morgan fingerprint density at radius 3 is 2.95 bits per heavy atom. The molecule has 1 aromatic carbocycles. The van der Waals surface area contributed by atoms with Crippen molar-refractivity contribution in [2.24, 2.45) is 0 Å². The lowest BCUT2D eigenvalue weighted by Crippen LogP contribution is -2.10. The first-order valence-corrected chi connectivity index (χ1v) is 6.76. The molecule has 98 valence electrons. The first kappa shape index (κ1) is 12.3. The van der Waals surface area contributed by atoms with Crippen LogP contribution in [0.3, 0.4) is 0 Å². The largest absolute Gasteiger partial charge is 0.462 e. The number of fused-ring (bicyclic) bond motifs is 3. The van der Waals surface area contributed by atoms with Crippen molar-refractivity contribution in [1.29, 1.82) is 0 Å². The highest BCUT2D eigenvalue weighted by Gasteiger charge is 2.27. The summed E-state index contributed by atoms with van der Waals surface area (Å²) in [7, 11) is 0. The molecule has 4 heteroatoms. The lowest BCUT2D eigenvalue weighted by molar-refractivity contribution is 0.0525. The predicted octanol–water partition coefficient (Wildman–Crippen LogP) is 3.61. The fourth-order valence-electron chi connectivity index (χ4n) is 2.64. The summed E-state index contributed by atoms with van der Waals surface area (Å²) < 4.78 is 5.08. The smallest absolute Gasteiger partial charge is 0.341 e. The van der Waals surface area contributed by atoms with Gasteiger partial charge in [-0.1, -0.05) is 35.9 Å². The molecule has 1 aliphatic carbocycles. The van der Waals surface area contributed by atoms with E-state index in [0.29, 0.717) is 17.3 Å². The third-order valence-corrected chi connectivity index (χ3v) is 3.75. The summed E-state index contributed by atoms with van der Waals surface area (Å²) >= 11 is 6.18. The highest BCUT2D eigenvalue weighted by Crippen LogP contribution is 2.37. The van der Waals surface area contributed by atoms with E-state index < -0.39 is 0 Å². The molecule has 3 nitrogen and oxygen atoms in total. The number of rotatable bonds is 2. The molecule has 19 heavy (non-hydrogen) atoms. The molecule has 0 fully saturated rings. The number of aryl methyl sites for hydroxylation is 1. The molecule has 3 rings (SSSR count). The van der Waals surface area contributed by atoms with Crippen LogP contribution in [0.15, 0.2) is 24.3 Å². The van der Waals surface area contributed by atoms with Crippen LogP contribution >= 0.6 is 11.6 Å². The SMILES string of the molecule is CCOC(=O)c1c(Cl)[nH]c2c1CCc1ccccc1-2. The second kappa shape index (κ2) is 4.74. The van der Waals surface area contributed by atoms with Crippen molar-refractivity contribution < 1.29 is 9.53 Å². The number of ether oxygens (including phenoxy) is 1. The van der Waals surface area contributed by atoms with E-state index in [1.807, 2.05) is 12.1 Å². The van der Waals surface area contributed by atoms with E-state index in [-0.39, 0.29) is 5.97 Å². The molecule has 0 bridgehead atoms. The summed E-state index contributed by atoms with van der Waals surface area (Å²) in [6.45, 7) is 2.14. The molecule has 1 N–H and O–H groups in total. The van der Waals surface area contributed by atoms with Crippen LogP contribution < -0.4 is 0 Å². The Hall–Kier alpha value is -1.74. The van der Waals surface area contributed by atoms with E-state index in [9.17, 15) is 4.79 Å². The molecule has 0 unspecified atom stereocenters. The molecule has 0 amide bonds. The minimum atomic E-state index is -0.343. The van der Waals surface area contributed by atoms with Crippen molar-refractivity contribution in [2.45, 2.75) is 19.8 Å². The van der Waals surface area contributed by atoms with Crippen molar-refractivity contribution in [3.63, 3.8) is 0 Å². The van der Waals surface area contributed by atoms with Crippen LogP contribution in [0.5, 0.6) is 0 Å². The molecule has 1 aliphatic rings. The van der Waals surface area contributed by atoms with Gasteiger partial charge in [0.2, 0.25) is 0 Å². The zero-order valence-electron chi connectivity index (χ0n) is 10.6. The summed E-state index contributed by atoms with van der Waals surface area (Å²) in [6.07, 6.45) is 1.73. The van der Waals surface area contributed by atoms with Crippen LogP contribution in [0.1, 0.15) is 28.4 Å². The minimum Gasteiger partial charge on any atom is -0.462 e. The molecular formula is C15H14ClNO2. The second-order valence-electron chi connectivity index (χ2n) is 4.55. The highest BCUT2D eigenvalue weighted by atomic mass is 35.5. The molecule has 0 spiro atoms. The van der Waals surface area contributed by atoms with Crippen molar-refractivity contribution >= 4 is 17.6 Å². The summed E-state index contributed by atoms with van der Waals surface area (Å²) in [5.41, 5.74) is 4.83. The third kappa shape index (κ3) is 1.94. The monoisotopic (exact) mass is 275 g/mol. The molecule has 0 saturated heterocycles. The number of halogens is 1. The number of carbonyl (C=O) groups excluding carboxylic acids is 1. The number of hydrogen-bond acceptors (Lipinski definition) is 2. The van der Waals surface area contributed by atoms with Gasteiger partial charge in [-0.05, 0) is 30.9 Å². The van der Waals surface area contributed by atoms with Crippen molar-refractivity contribution in [1.82, 2.24) is 4.98 Å². The van der Waals surface area contributed by atoms with Crippen molar-refractivity contribution in [3.05, 3.63) is 46.1 Å². The van der Waals surface area contributed by atoms with Crippen LogP contribution in [0.4, 0.5) is 0 Å². The van der Waals surface area contributed by atoms with E-state index in [4.69, 9.17) is 16.3 Å². The topological polar surface area (TPSA) is 42.1 Å². The zero-order valence-corrected chi connectivity index (χ0v) is 11.4. The number of esters is 1. The molecule has 0 saturated carbocycles. The Morgan fingerprint density at radius 1 is 1.37 bits per heavy atom. The first-order chi connectivity index (χ1) is 9.22. The van der Waals surface area contributed by atoms with E-state index in [1.165, 1.54) is 5.56 Å². The van der Waals surface area contributed by atoms with Gasteiger partial charge in [0, 0.05) is 5.56 Å². The molecular weight excluding hydrogens is 262 g/mol. The highest BCUT2D eigenvalue weighted by molar-refractivity contribution is 6.33. The van der Waals surface area contributed by atoms with Crippen LogP contribution in [0.25, 0.3) is 11.3 Å². The maximum atomic E-state index is 12.0. The number of hydrogen-bond donors (Lipinski definition) is 1. The zero-order chi connectivity index (χ0) is 13.4. The fraction of sp³-hybridized carbons (Fsp3) is 0.267. The Kier molecular flexibility index (Phi) is 3.07. The predicted molar refractivity (Wildman–Crippen MR) is 74.6 cm³/mol. The first-order valence-electron chi connectivity index (χ1n) is 6.38. The molecule has 2 aromatic rings.